The molecule has 0 radical (unpaired) electrons. The number of benzene rings is 1. The van der Waals surface area contributed by atoms with Crippen LogP contribution >= 0.6 is 11.6 Å². The van der Waals surface area contributed by atoms with E-state index < -0.39 is 11.7 Å². The van der Waals surface area contributed by atoms with E-state index in [0.717, 1.165) is 29.5 Å². The van der Waals surface area contributed by atoms with Crippen LogP contribution in [0.1, 0.15) is 41.4 Å². The number of halogens is 1. The molecule has 2 aromatic rings. The lowest BCUT2D eigenvalue weighted by molar-refractivity contribution is 0.0526. The molecule has 0 atom stereocenters. The number of ether oxygens (including phenoxy) is 1. The van der Waals surface area contributed by atoms with Crippen molar-refractivity contribution in [2.75, 3.05) is 6.61 Å². The average Bonchev–Trinajstić information content (AvgIpc) is 2.61. The van der Waals surface area contributed by atoms with Gasteiger partial charge in [-0.05, 0) is 50.8 Å². The van der Waals surface area contributed by atoms with Crippen molar-refractivity contribution >= 4 is 17.6 Å². The number of carbonyl (C=O) groups excluding carboxylic acids is 1. The van der Waals surface area contributed by atoms with Crippen LogP contribution in [0.3, 0.4) is 0 Å². The highest BCUT2D eigenvalue weighted by Crippen LogP contribution is 2.21. The van der Waals surface area contributed by atoms with E-state index in [2.05, 4.69) is 0 Å². The van der Waals surface area contributed by atoms with E-state index in [9.17, 15) is 14.4 Å². The van der Waals surface area contributed by atoms with Gasteiger partial charge in [0, 0.05) is 18.3 Å². The highest BCUT2D eigenvalue weighted by molar-refractivity contribution is 6.33. The van der Waals surface area contributed by atoms with Crippen molar-refractivity contribution in [3.05, 3.63) is 60.9 Å². The zero-order chi connectivity index (χ0) is 18.1. The molecule has 0 fully saturated rings. The molecule has 0 aliphatic heterocycles. The van der Waals surface area contributed by atoms with E-state index in [1.165, 1.54) is 16.7 Å². The maximum Gasteiger partial charge on any atom is 0.339 e. The standard InChI is InChI=1S/C18H19ClN2O4/c1-3-25-17(23)13-10-11(8-9-14(13)19)21-16(22)12-6-4-5-7-15(12)20(2)18(21)24/h8-10H,3-7H2,1-2H3. The lowest BCUT2D eigenvalue weighted by Crippen LogP contribution is -2.42. The number of hydrogen-bond acceptors (Lipinski definition) is 4. The first kappa shape index (κ1) is 17.5. The molecule has 0 N–H and O–H groups in total. The van der Waals surface area contributed by atoms with Crippen LogP contribution < -0.4 is 11.2 Å². The maximum atomic E-state index is 12.9. The number of carbonyl (C=O) groups is 1. The van der Waals surface area contributed by atoms with E-state index in [4.69, 9.17) is 16.3 Å². The second-order valence-electron chi connectivity index (χ2n) is 6.00. The molecule has 132 valence electrons. The minimum atomic E-state index is -0.586. The van der Waals surface area contributed by atoms with E-state index in [1.54, 1.807) is 20.0 Å². The average molecular weight is 363 g/mol. The molecular formula is C18H19ClN2O4. The Bertz CT molecular complexity index is 959. The summed E-state index contributed by atoms with van der Waals surface area (Å²) >= 11 is 6.07. The molecular weight excluding hydrogens is 344 g/mol. The monoisotopic (exact) mass is 362 g/mol. The van der Waals surface area contributed by atoms with Crippen molar-refractivity contribution in [3.8, 4) is 5.69 Å². The van der Waals surface area contributed by atoms with Gasteiger partial charge in [-0.2, -0.15) is 0 Å². The van der Waals surface area contributed by atoms with Gasteiger partial charge in [0.25, 0.3) is 5.56 Å². The molecule has 0 spiro atoms. The van der Waals surface area contributed by atoms with Crippen molar-refractivity contribution < 1.29 is 9.53 Å². The summed E-state index contributed by atoms with van der Waals surface area (Å²) in [4.78, 5) is 37.7. The summed E-state index contributed by atoms with van der Waals surface area (Å²) in [5.74, 6) is -0.586. The van der Waals surface area contributed by atoms with Crippen LogP contribution in [0.15, 0.2) is 27.8 Å². The van der Waals surface area contributed by atoms with E-state index in [-0.39, 0.29) is 22.8 Å². The Balaban J connectivity index is 2.23. The van der Waals surface area contributed by atoms with Gasteiger partial charge < -0.3 is 9.30 Å². The van der Waals surface area contributed by atoms with Gasteiger partial charge in [0.15, 0.2) is 0 Å². The molecule has 1 aromatic carbocycles. The van der Waals surface area contributed by atoms with Gasteiger partial charge in [-0.1, -0.05) is 11.6 Å². The Morgan fingerprint density at radius 3 is 2.68 bits per heavy atom. The zero-order valence-electron chi connectivity index (χ0n) is 14.2. The quantitative estimate of drug-likeness (QED) is 0.785. The van der Waals surface area contributed by atoms with Crippen LogP contribution in [0, 0.1) is 0 Å². The zero-order valence-corrected chi connectivity index (χ0v) is 14.9. The van der Waals surface area contributed by atoms with Crippen LogP contribution in [0.25, 0.3) is 5.69 Å². The lowest BCUT2D eigenvalue weighted by Gasteiger charge is -2.20. The lowest BCUT2D eigenvalue weighted by atomic mass is 9.97. The SMILES string of the molecule is CCOC(=O)c1cc(-n2c(=O)c3c(n(C)c2=O)CCCC3)ccc1Cl. The van der Waals surface area contributed by atoms with Crippen molar-refractivity contribution in [2.45, 2.75) is 32.6 Å². The summed E-state index contributed by atoms with van der Waals surface area (Å²) in [6.45, 7) is 1.90. The minimum Gasteiger partial charge on any atom is -0.462 e. The predicted octanol–water partition coefficient (Wildman–Crippen LogP) is 2.25. The highest BCUT2D eigenvalue weighted by atomic mass is 35.5. The van der Waals surface area contributed by atoms with Gasteiger partial charge in [0.05, 0.1) is 22.9 Å². The summed E-state index contributed by atoms with van der Waals surface area (Å²) in [6, 6.07) is 4.48. The van der Waals surface area contributed by atoms with Crippen LogP contribution in [-0.2, 0) is 24.6 Å². The number of esters is 1. The van der Waals surface area contributed by atoms with Crippen LogP contribution in [0.2, 0.25) is 5.02 Å². The Hall–Kier alpha value is -2.34. The molecule has 0 bridgehead atoms. The molecule has 25 heavy (non-hydrogen) atoms. The topological polar surface area (TPSA) is 70.3 Å². The molecule has 1 aromatic heterocycles. The van der Waals surface area contributed by atoms with Crippen LogP contribution in [-0.4, -0.2) is 21.7 Å². The van der Waals surface area contributed by atoms with Crippen molar-refractivity contribution in [1.82, 2.24) is 9.13 Å². The summed E-state index contributed by atoms with van der Waals surface area (Å²) in [5, 5.41) is 0.213. The number of rotatable bonds is 3. The predicted molar refractivity (Wildman–Crippen MR) is 94.9 cm³/mol. The van der Waals surface area contributed by atoms with Gasteiger partial charge in [0.2, 0.25) is 0 Å². The smallest absolute Gasteiger partial charge is 0.339 e. The summed E-state index contributed by atoms with van der Waals surface area (Å²) in [7, 11) is 1.67. The van der Waals surface area contributed by atoms with Gasteiger partial charge in [0.1, 0.15) is 0 Å². The fraction of sp³-hybridized carbons (Fsp3) is 0.389. The number of nitrogens with zero attached hydrogens (tertiary/aromatic N) is 2. The Kier molecular flexibility index (Phi) is 4.81. The van der Waals surface area contributed by atoms with Crippen LogP contribution in [0.4, 0.5) is 0 Å². The Labute approximate surface area is 149 Å². The Morgan fingerprint density at radius 2 is 1.96 bits per heavy atom. The van der Waals surface area contributed by atoms with Gasteiger partial charge in [-0.3, -0.25) is 4.79 Å². The molecule has 1 aliphatic rings. The molecule has 1 heterocycles. The first-order valence-corrected chi connectivity index (χ1v) is 8.64. The Morgan fingerprint density at radius 1 is 1.24 bits per heavy atom. The van der Waals surface area contributed by atoms with Gasteiger partial charge in [-0.15, -0.1) is 0 Å². The first-order valence-electron chi connectivity index (χ1n) is 8.26. The molecule has 0 saturated heterocycles. The highest BCUT2D eigenvalue weighted by Gasteiger charge is 2.22. The molecule has 0 unspecified atom stereocenters. The largest absolute Gasteiger partial charge is 0.462 e. The van der Waals surface area contributed by atoms with Gasteiger partial charge in [-0.25, -0.2) is 14.2 Å². The second-order valence-corrected chi connectivity index (χ2v) is 6.41. The third kappa shape index (κ3) is 3.02. The fourth-order valence-electron chi connectivity index (χ4n) is 3.22. The first-order chi connectivity index (χ1) is 12.0. The molecule has 1 aliphatic carbocycles. The number of aromatic nitrogens is 2. The van der Waals surface area contributed by atoms with E-state index >= 15 is 0 Å². The third-order valence-electron chi connectivity index (χ3n) is 4.49. The number of fused-ring (bicyclic) bond motifs is 1. The molecule has 7 heteroatoms. The fourth-order valence-corrected chi connectivity index (χ4v) is 3.42. The maximum absolute atomic E-state index is 12.9. The van der Waals surface area contributed by atoms with Crippen molar-refractivity contribution in [2.24, 2.45) is 7.05 Å². The summed E-state index contributed by atoms with van der Waals surface area (Å²) < 4.78 is 7.60. The van der Waals surface area contributed by atoms with Gasteiger partial charge >= 0.3 is 11.7 Å². The second kappa shape index (κ2) is 6.88. The number of hydrogen-bond donors (Lipinski definition) is 0. The van der Waals surface area contributed by atoms with Crippen molar-refractivity contribution in [3.63, 3.8) is 0 Å². The van der Waals surface area contributed by atoms with E-state index in [1.807, 2.05) is 0 Å². The van der Waals surface area contributed by atoms with E-state index in [0.29, 0.717) is 17.7 Å². The normalized spacial score (nSPS) is 13.4. The third-order valence-corrected chi connectivity index (χ3v) is 4.82. The minimum absolute atomic E-state index is 0.132. The van der Waals surface area contributed by atoms with Crippen molar-refractivity contribution in [1.29, 1.82) is 0 Å². The molecule has 6 nitrogen and oxygen atoms in total. The summed E-state index contributed by atoms with van der Waals surface area (Å²) in [5.41, 5.74) is 1.16. The molecule has 0 amide bonds. The summed E-state index contributed by atoms with van der Waals surface area (Å²) in [6.07, 6.45) is 3.28. The molecule has 3 rings (SSSR count). The van der Waals surface area contributed by atoms with Crippen LogP contribution in [0.5, 0.6) is 0 Å². The molecule has 0 saturated carbocycles.